The summed E-state index contributed by atoms with van der Waals surface area (Å²) in [5.74, 6) is 1.99. The highest BCUT2D eigenvalue weighted by Crippen LogP contribution is 2.18. The Labute approximate surface area is 181 Å². The van der Waals surface area contributed by atoms with Gasteiger partial charge in [0.15, 0.2) is 11.6 Å². The first-order chi connectivity index (χ1) is 15.1. The van der Waals surface area contributed by atoms with E-state index in [9.17, 15) is 8.42 Å². The molecule has 162 valence electrons. The third-order valence-corrected chi connectivity index (χ3v) is 6.75. The lowest BCUT2D eigenvalue weighted by Gasteiger charge is -2.34. The maximum atomic E-state index is 12.6. The SMILES string of the molecule is O=S(=O)(CCOc1ccccc1)N1CCN(c2ccc(Nc3ccncc3)nn2)CC1. The molecule has 10 heteroatoms. The zero-order valence-corrected chi connectivity index (χ0v) is 17.8. The van der Waals surface area contributed by atoms with Gasteiger partial charge in [-0.1, -0.05) is 18.2 Å². The molecule has 1 saturated heterocycles. The van der Waals surface area contributed by atoms with Crippen LogP contribution in [0.5, 0.6) is 5.75 Å². The highest BCUT2D eigenvalue weighted by molar-refractivity contribution is 7.89. The van der Waals surface area contributed by atoms with Gasteiger partial charge in [0.1, 0.15) is 12.4 Å². The van der Waals surface area contributed by atoms with Gasteiger partial charge in [-0.3, -0.25) is 4.98 Å². The average molecular weight is 441 g/mol. The fourth-order valence-corrected chi connectivity index (χ4v) is 4.52. The first kappa shape index (κ1) is 21.0. The summed E-state index contributed by atoms with van der Waals surface area (Å²) in [4.78, 5) is 6.02. The van der Waals surface area contributed by atoms with Gasteiger partial charge in [0.05, 0.1) is 5.75 Å². The van der Waals surface area contributed by atoms with Gasteiger partial charge in [-0.25, -0.2) is 8.42 Å². The quantitative estimate of drug-likeness (QED) is 0.569. The number of hydrogen-bond acceptors (Lipinski definition) is 8. The summed E-state index contributed by atoms with van der Waals surface area (Å²) in [6.45, 7) is 2.07. The molecule has 0 saturated carbocycles. The molecule has 0 spiro atoms. The maximum absolute atomic E-state index is 12.6. The second kappa shape index (κ2) is 9.71. The number of sulfonamides is 1. The van der Waals surface area contributed by atoms with Crippen molar-refractivity contribution in [3.63, 3.8) is 0 Å². The van der Waals surface area contributed by atoms with Gasteiger partial charge in [-0.05, 0) is 36.4 Å². The van der Waals surface area contributed by atoms with E-state index in [0.29, 0.717) is 37.7 Å². The van der Waals surface area contributed by atoms with Crippen molar-refractivity contribution in [3.05, 3.63) is 67.0 Å². The molecule has 4 rings (SSSR count). The number of para-hydroxylation sites is 1. The van der Waals surface area contributed by atoms with Crippen LogP contribution in [0.4, 0.5) is 17.3 Å². The van der Waals surface area contributed by atoms with Crippen LogP contribution in [-0.2, 0) is 10.0 Å². The Morgan fingerprint density at radius 1 is 0.903 bits per heavy atom. The number of aromatic nitrogens is 3. The second-order valence-corrected chi connectivity index (χ2v) is 9.09. The van der Waals surface area contributed by atoms with Crippen LogP contribution in [0.3, 0.4) is 0 Å². The Kier molecular flexibility index (Phi) is 6.58. The van der Waals surface area contributed by atoms with E-state index >= 15 is 0 Å². The van der Waals surface area contributed by atoms with Gasteiger partial charge in [0.25, 0.3) is 0 Å². The maximum Gasteiger partial charge on any atom is 0.217 e. The van der Waals surface area contributed by atoms with Crippen molar-refractivity contribution >= 4 is 27.3 Å². The smallest absolute Gasteiger partial charge is 0.217 e. The molecule has 1 aliphatic heterocycles. The molecular weight excluding hydrogens is 416 g/mol. The highest BCUT2D eigenvalue weighted by Gasteiger charge is 2.27. The van der Waals surface area contributed by atoms with Crippen molar-refractivity contribution in [2.45, 2.75) is 0 Å². The zero-order chi connectivity index (χ0) is 21.5. The lowest BCUT2D eigenvalue weighted by molar-refractivity contribution is 0.331. The fourth-order valence-electron chi connectivity index (χ4n) is 3.25. The molecule has 1 aromatic carbocycles. The number of nitrogens with one attached hydrogen (secondary N) is 1. The largest absolute Gasteiger partial charge is 0.492 e. The topological polar surface area (TPSA) is 101 Å². The number of nitrogens with zero attached hydrogens (tertiary/aromatic N) is 5. The van der Waals surface area contributed by atoms with Crippen LogP contribution >= 0.6 is 0 Å². The Morgan fingerprint density at radius 2 is 1.65 bits per heavy atom. The molecular formula is C21H24N6O3S. The van der Waals surface area contributed by atoms with Crippen molar-refractivity contribution in [1.82, 2.24) is 19.5 Å². The van der Waals surface area contributed by atoms with Crippen LogP contribution in [0.25, 0.3) is 0 Å². The number of pyridine rings is 1. The van der Waals surface area contributed by atoms with Crippen LogP contribution in [-0.4, -0.2) is 66.4 Å². The van der Waals surface area contributed by atoms with E-state index < -0.39 is 10.0 Å². The van der Waals surface area contributed by atoms with Gasteiger partial charge in [-0.15, -0.1) is 10.2 Å². The van der Waals surface area contributed by atoms with Gasteiger partial charge in [-0.2, -0.15) is 4.31 Å². The number of piperazine rings is 1. The molecule has 9 nitrogen and oxygen atoms in total. The van der Waals surface area contributed by atoms with Crippen LogP contribution in [0.15, 0.2) is 67.0 Å². The summed E-state index contributed by atoms with van der Waals surface area (Å²) in [5, 5.41) is 11.7. The number of anilines is 3. The molecule has 0 atom stereocenters. The van der Waals surface area contributed by atoms with E-state index in [1.54, 1.807) is 12.4 Å². The Morgan fingerprint density at radius 3 is 2.32 bits per heavy atom. The third kappa shape index (κ3) is 5.68. The molecule has 0 radical (unpaired) electrons. The number of hydrogen-bond donors (Lipinski definition) is 1. The van der Waals surface area contributed by atoms with Crippen molar-refractivity contribution in [2.75, 3.05) is 48.8 Å². The minimum atomic E-state index is -3.37. The van der Waals surface area contributed by atoms with Crippen LogP contribution in [0, 0.1) is 0 Å². The van der Waals surface area contributed by atoms with Gasteiger partial charge in [0.2, 0.25) is 10.0 Å². The zero-order valence-electron chi connectivity index (χ0n) is 17.0. The molecule has 0 unspecified atom stereocenters. The molecule has 0 aliphatic carbocycles. The van der Waals surface area contributed by atoms with E-state index in [0.717, 1.165) is 11.5 Å². The monoisotopic (exact) mass is 440 g/mol. The first-order valence-electron chi connectivity index (χ1n) is 10.0. The van der Waals surface area contributed by atoms with Gasteiger partial charge >= 0.3 is 0 Å². The fraction of sp³-hybridized carbons (Fsp3) is 0.286. The van der Waals surface area contributed by atoms with E-state index in [4.69, 9.17) is 4.74 Å². The summed E-state index contributed by atoms with van der Waals surface area (Å²) in [6, 6.07) is 16.6. The molecule has 1 aliphatic rings. The minimum absolute atomic E-state index is 0.0446. The van der Waals surface area contributed by atoms with Crippen molar-refractivity contribution in [3.8, 4) is 5.75 Å². The molecule has 31 heavy (non-hydrogen) atoms. The molecule has 0 amide bonds. The van der Waals surface area contributed by atoms with Crippen LogP contribution < -0.4 is 15.0 Å². The third-order valence-electron chi connectivity index (χ3n) is 4.91. The summed E-state index contributed by atoms with van der Waals surface area (Å²) in [6.07, 6.45) is 3.40. The van der Waals surface area contributed by atoms with E-state index in [1.807, 2.05) is 59.5 Å². The molecule has 3 aromatic rings. The highest BCUT2D eigenvalue weighted by atomic mass is 32.2. The summed E-state index contributed by atoms with van der Waals surface area (Å²) in [5.41, 5.74) is 0.882. The number of benzene rings is 1. The standard InChI is InChI=1S/C21H24N6O3S/c28-31(29,17-16-30-19-4-2-1-3-5-19)27-14-12-26(13-15-27)21-7-6-20(24-25-21)23-18-8-10-22-11-9-18/h1-11H,12-17H2,(H,22,23,24). The predicted octanol–water partition coefficient (Wildman–Crippen LogP) is 2.15. The Balaban J connectivity index is 1.26. The lowest BCUT2D eigenvalue weighted by Crippen LogP contribution is -2.50. The van der Waals surface area contributed by atoms with E-state index in [2.05, 4.69) is 20.5 Å². The summed E-state index contributed by atoms with van der Waals surface area (Å²) >= 11 is 0. The first-order valence-corrected chi connectivity index (χ1v) is 11.6. The Hall–Kier alpha value is -3.24. The average Bonchev–Trinajstić information content (AvgIpc) is 2.81. The van der Waals surface area contributed by atoms with Gasteiger partial charge in [0, 0.05) is 44.3 Å². The number of rotatable bonds is 8. The Bertz CT molecular complexity index is 1060. The van der Waals surface area contributed by atoms with E-state index in [-0.39, 0.29) is 12.4 Å². The molecule has 1 fully saturated rings. The molecule has 1 N–H and O–H groups in total. The predicted molar refractivity (Wildman–Crippen MR) is 119 cm³/mol. The van der Waals surface area contributed by atoms with Crippen LogP contribution in [0.2, 0.25) is 0 Å². The van der Waals surface area contributed by atoms with Crippen molar-refractivity contribution in [2.24, 2.45) is 0 Å². The molecule has 3 heterocycles. The minimum Gasteiger partial charge on any atom is -0.492 e. The van der Waals surface area contributed by atoms with Crippen molar-refractivity contribution in [1.29, 1.82) is 0 Å². The molecule has 0 bridgehead atoms. The number of ether oxygens (including phenoxy) is 1. The summed E-state index contributed by atoms with van der Waals surface area (Å²) in [7, 11) is -3.37. The molecule has 2 aromatic heterocycles. The van der Waals surface area contributed by atoms with Crippen molar-refractivity contribution < 1.29 is 13.2 Å². The second-order valence-electron chi connectivity index (χ2n) is 7.00. The van der Waals surface area contributed by atoms with Crippen LogP contribution in [0.1, 0.15) is 0 Å². The van der Waals surface area contributed by atoms with Gasteiger partial charge < -0.3 is 15.0 Å². The van der Waals surface area contributed by atoms with E-state index in [1.165, 1.54) is 4.31 Å². The normalized spacial score (nSPS) is 14.9. The lowest BCUT2D eigenvalue weighted by atomic mass is 10.3. The summed E-state index contributed by atoms with van der Waals surface area (Å²) < 4.78 is 32.3.